The SMILES string of the molecule is Br/C=C/I.C=CC[Si](CC=C)(OCC)c1cc[c-]cc1.C=CC[Si](CC=C)(OCC)c1ccc(/C=C/Br)cc1.C=CC[Si](CC=C)(OCC)c1ccc(I)cc1.[Cl][Zn+].[Pd].c1ccc(P(c2ccccc2)c2ccccc2)cc1.c1ccc(P(c2ccccc2)c2ccccc2)cc1.c1ccc(P(c2ccccc2)c2ccccc2)cc1.c1ccc(P(c2ccccc2)c2ccccc2)cc1. The molecule has 0 unspecified atom stereocenters. The molecule has 0 fully saturated rings. The molecule has 690 valence electrons. The normalized spacial score (nSPS) is 10.7. The van der Waals surface area contributed by atoms with Crippen LogP contribution in [0.1, 0.15) is 26.3 Å². The van der Waals surface area contributed by atoms with Crippen molar-refractivity contribution in [3.63, 3.8) is 0 Å². The van der Waals surface area contributed by atoms with E-state index < -0.39 is 56.6 Å². The van der Waals surface area contributed by atoms with Gasteiger partial charge in [0.05, 0.1) is 0 Å². The molecule has 15 aromatic rings. The Bertz CT molecular complexity index is 4830. The first-order chi connectivity index (χ1) is 65.9. The maximum Gasteiger partial charge on any atom is 0 e. The molecule has 3 nitrogen and oxygen atoms in total. The van der Waals surface area contributed by atoms with Crippen molar-refractivity contribution >= 4 is 229 Å². The summed E-state index contributed by atoms with van der Waals surface area (Å²) in [5.41, 5.74) is 1.18. The van der Waals surface area contributed by atoms with Crippen molar-refractivity contribution in [1.29, 1.82) is 0 Å². The minimum Gasteiger partial charge on any atom is -0.0622 e. The van der Waals surface area contributed by atoms with E-state index in [0.717, 1.165) is 73.4 Å². The molecule has 0 spiro atoms. The summed E-state index contributed by atoms with van der Waals surface area (Å²) in [5.74, 6) is 0. The summed E-state index contributed by atoms with van der Waals surface area (Å²) < 4.78 is 21.5. The molecule has 0 amide bonds. The molecule has 0 radical (unpaired) electrons. The van der Waals surface area contributed by atoms with Crippen molar-refractivity contribution in [1.82, 2.24) is 0 Å². The van der Waals surface area contributed by atoms with Crippen LogP contribution in [-0.4, -0.2) is 44.8 Å². The average Bonchev–Trinajstić information content (AvgIpc) is 0.547. The zero-order chi connectivity index (χ0) is 95.8. The topological polar surface area (TPSA) is 27.7 Å². The van der Waals surface area contributed by atoms with E-state index in [1.807, 2.05) is 70.7 Å². The van der Waals surface area contributed by atoms with Crippen LogP contribution in [0.25, 0.3) is 6.08 Å². The van der Waals surface area contributed by atoms with Crippen molar-refractivity contribution in [3.05, 3.63) is 542 Å². The molecule has 15 aromatic carbocycles. The summed E-state index contributed by atoms with van der Waals surface area (Å²) in [5, 5.41) is 20.7. The first-order valence-electron chi connectivity index (χ1n) is 44.5. The van der Waals surface area contributed by atoms with E-state index in [0.29, 0.717) is 0 Å². The molecule has 135 heavy (non-hydrogen) atoms. The minimum atomic E-state index is -1.99. The molecule has 0 saturated carbocycles. The maximum atomic E-state index is 6.17. The molecular weight excluding hydrogens is 2290 g/mol. The average molecular weight is 2420 g/mol. The number of allylic oxidation sites excluding steroid dienone is 6. The van der Waals surface area contributed by atoms with Gasteiger partial charge in [0.1, 0.15) is 0 Å². The second-order valence-electron chi connectivity index (χ2n) is 29.6. The van der Waals surface area contributed by atoms with Gasteiger partial charge in [-0.05, 0) is 223 Å². The molecule has 0 aliphatic carbocycles. The quantitative estimate of drug-likeness (QED) is 0.0132. The van der Waals surface area contributed by atoms with Gasteiger partial charge in [0.25, 0.3) is 0 Å². The van der Waals surface area contributed by atoms with Crippen LogP contribution < -0.4 is 79.2 Å². The van der Waals surface area contributed by atoms with Gasteiger partial charge in [-0.2, -0.15) is 30.3 Å². The molecule has 15 rings (SSSR count). The number of benzene rings is 15. The third-order valence-corrected chi connectivity index (χ3v) is 45.4. The smallest absolute Gasteiger partial charge is 0 e. The standard InChI is InChI=1S/4C18H15P.C16H21BrOSi.C14H19IOSi.C14H19OSi.C2H2BrI.ClH.Pd.Zn/c4*1-4-10-16(11-5-1)19(17-12-6-2-7-13-17)18-14-8-3-9-15-18;1-4-13-19(14-5-2,18-6-3)16-9-7-15(8-10-16)11-12-17;1-4-11-17(12-5-2,16-6-3)14-9-7-13(15)8-10-14;1-4-12-16(13-5-2,15-6-3)14-10-8-7-9-11-14;3-1-2-4;;;/h4*1-15H;4-5,7-12H,1-2,6,13-14H2,3H3;4-5,7-10H,1-2,6,11-12H2,3H3;4-5,8-11H,1-2,6,12-13H2,3H3;1-2H;1H;;/q;;;;;;-1;;;;+2/p-1/b;;;;12-11+;;;2-1+;;;. The van der Waals surface area contributed by atoms with E-state index in [9.17, 15) is 0 Å². The van der Waals surface area contributed by atoms with Crippen LogP contribution in [0.4, 0.5) is 0 Å². The summed E-state index contributed by atoms with van der Waals surface area (Å²) in [6.07, 6.45) is 13.8. The molecule has 0 bridgehead atoms. The third kappa shape index (κ3) is 39.6. The summed E-state index contributed by atoms with van der Waals surface area (Å²) in [7, 11) is -2.87. The molecule has 0 saturated heterocycles. The fraction of sp³-hybridized carbons (Fsp3) is 0.102. The Hall–Kier alpha value is -7.53. The van der Waals surface area contributed by atoms with E-state index in [4.69, 9.17) is 23.0 Å². The first kappa shape index (κ1) is 116. The Balaban J connectivity index is 0.000000239. The zero-order valence-electron chi connectivity index (χ0n) is 77.4. The summed E-state index contributed by atoms with van der Waals surface area (Å²) in [4.78, 5) is 3.66. The fourth-order valence-electron chi connectivity index (χ4n) is 14.9. The van der Waals surface area contributed by atoms with Crippen LogP contribution >= 0.6 is 118 Å². The molecule has 0 heterocycles. The van der Waals surface area contributed by atoms with Gasteiger partial charge in [0.2, 0.25) is 25.0 Å². The van der Waals surface area contributed by atoms with Crippen LogP contribution in [-0.2, 0) is 51.0 Å². The molecule has 17 heteroatoms. The van der Waals surface area contributed by atoms with Crippen LogP contribution in [0, 0.1) is 9.64 Å². The van der Waals surface area contributed by atoms with Gasteiger partial charge >= 0.3 is 27.0 Å². The number of hydrogen-bond donors (Lipinski definition) is 0. The number of halogens is 5. The van der Waals surface area contributed by atoms with E-state index in [2.05, 4.69) is 561 Å². The van der Waals surface area contributed by atoms with Gasteiger partial charge < -0.3 is 13.3 Å². The Labute approximate surface area is 888 Å². The number of rotatable bonds is 34. The van der Waals surface area contributed by atoms with Crippen LogP contribution in [0.5, 0.6) is 0 Å². The zero-order valence-corrected chi connectivity index (χ0v) is 96.7. The summed E-state index contributed by atoms with van der Waals surface area (Å²) in [6, 6.07) is 163. The number of hydrogen-bond acceptors (Lipinski definition) is 3. The Morgan fingerprint density at radius 3 is 0.593 bits per heavy atom. The third-order valence-electron chi connectivity index (χ3n) is 20.6. The summed E-state index contributed by atoms with van der Waals surface area (Å²) in [6.45, 7) is 31.6. The second kappa shape index (κ2) is 70.1. The molecule has 0 aliphatic heterocycles. The molecular formula is C118H121Br2ClI2O3P4PdSi3Zn. The van der Waals surface area contributed by atoms with E-state index in [1.54, 1.807) is 4.99 Å². The molecule has 0 aliphatic rings. The van der Waals surface area contributed by atoms with Gasteiger partial charge in [-0.25, -0.2) is 0 Å². The van der Waals surface area contributed by atoms with E-state index >= 15 is 0 Å². The second-order valence-corrected chi connectivity index (χ2v) is 52.5. The minimum absolute atomic E-state index is 0. The predicted octanol–water partition coefficient (Wildman–Crippen LogP) is 28.3. The van der Waals surface area contributed by atoms with Gasteiger partial charge in [-0.1, -0.05) is 491 Å². The van der Waals surface area contributed by atoms with Gasteiger partial charge in [-0.3, -0.25) is 0 Å². The predicted molar refractivity (Wildman–Crippen MR) is 628 cm³/mol. The fourth-order valence-corrected chi connectivity index (χ4v) is 34.7. The van der Waals surface area contributed by atoms with Gasteiger partial charge in [-0.15, -0.1) is 44.7 Å². The monoisotopic (exact) mass is 2410 g/mol. The van der Waals surface area contributed by atoms with Crippen molar-refractivity contribution in [2.45, 2.75) is 57.0 Å². The maximum absolute atomic E-state index is 6.17. The Kier molecular flexibility index (Phi) is 60.4. The van der Waals surface area contributed by atoms with Crippen molar-refractivity contribution in [2.24, 2.45) is 0 Å². The van der Waals surface area contributed by atoms with Gasteiger partial charge in [0, 0.05) is 43.8 Å². The van der Waals surface area contributed by atoms with Crippen molar-refractivity contribution < 1.29 is 51.0 Å². The van der Waals surface area contributed by atoms with E-state index in [1.165, 1.54) is 88.3 Å². The van der Waals surface area contributed by atoms with E-state index in [-0.39, 0.29) is 20.4 Å². The summed E-state index contributed by atoms with van der Waals surface area (Å²) >= 11 is 11.7. The molecule has 0 N–H and O–H groups in total. The van der Waals surface area contributed by atoms with Crippen LogP contribution in [0.2, 0.25) is 36.3 Å². The Morgan fingerprint density at radius 1 is 0.281 bits per heavy atom. The van der Waals surface area contributed by atoms with Crippen molar-refractivity contribution in [3.8, 4) is 0 Å². The first-order valence-corrected chi connectivity index (χ1v) is 64.9. The van der Waals surface area contributed by atoms with Gasteiger partial charge in [0.15, 0.2) is 0 Å². The van der Waals surface area contributed by atoms with Crippen LogP contribution in [0.3, 0.4) is 0 Å². The Morgan fingerprint density at radius 2 is 0.444 bits per heavy atom. The van der Waals surface area contributed by atoms with Crippen LogP contribution in [0.15, 0.2) is 527 Å². The van der Waals surface area contributed by atoms with Crippen molar-refractivity contribution in [2.75, 3.05) is 19.8 Å². The molecule has 0 aromatic heterocycles. The largest absolute Gasteiger partial charge is 0.0622 e. The molecule has 0 atom stereocenters.